The lowest BCUT2D eigenvalue weighted by molar-refractivity contribution is -0.139. The number of ether oxygens (including phenoxy) is 1. The predicted octanol–water partition coefficient (Wildman–Crippen LogP) is 0.813. The zero-order valence-electron chi connectivity index (χ0n) is 15.9. The molecule has 9 nitrogen and oxygen atoms in total. The van der Waals surface area contributed by atoms with Crippen molar-refractivity contribution in [1.82, 2.24) is 15.1 Å². The van der Waals surface area contributed by atoms with Crippen LogP contribution in [0.5, 0.6) is 5.75 Å². The summed E-state index contributed by atoms with van der Waals surface area (Å²) in [5.74, 6) is -0.692. The van der Waals surface area contributed by atoms with E-state index in [1.165, 1.54) is 11.9 Å². The molecule has 9 heteroatoms. The third-order valence-corrected chi connectivity index (χ3v) is 4.53. The molecule has 2 rings (SSSR count). The summed E-state index contributed by atoms with van der Waals surface area (Å²) in [5.41, 5.74) is -0.434. The molecule has 1 aliphatic rings. The van der Waals surface area contributed by atoms with Crippen molar-refractivity contribution >= 4 is 29.4 Å². The predicted molar refractivity (Wildman–Crippen MR) is 98.2 cm³/mol. The lowest BCUT2D eigenvalue weighted by Gasteiger charge is -2.21. The Hall–Kier alpha value is -3.10. The number of carbonyl (C=O) groups excluding carboxylic acids is 4. The molecule has 0 spiro atoms. The quantitative estimate of drug-likeness (QED) is 0.685. The zero-order chi connectivity index (χ0) is 20.2. The van der Waals surface area contributed by atoms with Crippen LogP contribution in [0.1, 0.15) is 20.3 Å². The minimum absolute atomic E-state index is 0.209. The monoisotopic (exact) mass is 376 g/mol. The molecule has 146 valence electrons. The summed E-state index contributed by atoms with van der Waals surface area (Å²) in [6.07, 6.45) is 0.419. The molecule has 1 heterocycles. The normalized spacial score (nSPS) is 18.9. The van der Waals surface area contributed by atoms with Gasteiger partial charge in [0.1, 0.15) is 17.8 Å². The van der Waals surface area contributed by atoms with Crippen LogP contribution in [0.3, 0.4) is 0 Å². The van der Waals surface area contributed by atoms with E-state index in [2.05, 4.69) is 10.6 Å². The standard InChI is InChI=1S/C18H24N4O5/c1-5-18(2)16(25)22(17(26)20-18)11-15(24)21(3)10-14(23)19-12-6-8-13(27-4)9-7-12/h6-9H,5,10-11H2,1-4H3,(H,19,23)(H,20,26)/t18-/m1/s1. The average molecular weight is 376 g/mol. The van der Waals surface area contributed by atoms with Gasteiger partial charge >= 0.3 is 6.03 Å². The Kier molecular flexibility index (Phi) is 6.04. The molecule has 0 aliphatic carbocycles. The highest BCUT2D eigenvalue weighted by atomic mass is 16.5. The molecular weight excluding hydrogens is 352 g/mol. The number of rotatable bonds is 7. The molecule has 1 aromatic carbocycles. The SMILES string of the molecule is CC[C@@]1(C)NC(=O)N(CC(=O)N(C)CC(=O)Nc2ccc(OC)cc2)C1=O. The first-order valence-corrected chi connectivity index (χ1v) is 8.52. The van der Waals surface area contributed by atoms with E-state index < -0.39 is 35.8 Å². The number of methoxy groups -OCH3 is 1. The highest BCUT2D eigenvalue weighted by molar-refractivity contribution is 6.09. The van der Waals surface area contributed by atoms with Gasteiger partial charge in [0.15, 0.2) is 0 Å². The average Bonchev–Trinajstić information content (AvgIpc) is 2.85. The number of amides is 5. The summed E-state index contributed by atoms with van der Waals surface area (Å²) in [6, 6.07) is 6.16. The van der Waals surface area contributed by atoms with Gasteiger partial charge in [0.25, 0.3) is 5.91 Å². The highest BCUT2D eigenvalue weighted by Crippen LogP contribution is 2.20. The summed E-state index contributed by atoms with van der Waals surface area (Å²) in [4.78, 5) is 50.8. The number of likely N-dealkylation sites (N-methyl/N-ethyl adjacent to an activating group) is 1. The van der Waals surface area contributed by atoms with Gasteiger partial charge in [0.2, 0.25) is 11.8 Å². The Morgan fingerprint density at radius 2 is 1.89 bits per heavy atom. The molecular formula is C18H24N4O5. The Balaban J connectivity index is 1.90. The van der Waals surface area contributed by atoms with E-state index in [1.807, 2.05) is 0 Å². The fourth-order valence-corrected chi connectivity index (χ4v) is 2.56. The summed E-state index contributed by atoms with van der Waals surface area (Å²) >= 11 is 0. The molecule has 1 atom stereocenters. The van der Waals surface area contributed by atoms with Crippen molar-refractivity contribution < 1.29 is 23.9 Å². The molecule has 0 unspecified atom stereocenters. The van der Waals surface area contributed by atoms with Crippen LogP contribution in [0, 0.1) is 0 Å². The van der Waals surface area contributed by atoms with Gasteiger partial charge in [-0.2, -0.15) is 0 Å². The van der Waals surface area contributed by atoms with Crippen LogP contribution in [0.25, 0.3) is 0 Å². The molecule has 0 aromatic heterocycles. The maximum Gasteiger partial charge on any atom is 0.325 e. The van der Waals surface area contributed by atoms with Crippen LogP contribution in [0.15, 0.2) is 24.3 Å². The van der Waals surface area contributed by atoms with E-state index in [4.69, 9.17) is 4.74 Å². The smallest absolute Gasteiger partial charge is 0.325 e. The van der Waals surface area contributed by atoms with E-state index in [-0.39, 0.29) is 6.54 Å². The summed E-state index contributed by atoms with van der Waals surface area (Å²) in [6.45, 7) is 2.77. The first kappa shape index (κ1) is 20.2. The highest BCUT2D eigenvalue weighted by Gasteiger charge is 2.47. The van der Waals surface area contributed by atoms with Crippen LogP contribution in [0.4, 0.5) is 10.5 Å². The van der Waals surface area contributed by atoms with Gasteiger partial charge in [-0.25, -0.2) is 4.79 Å². The Bertz CT molecular complexity index is 749. The number of hydrogen-bond donors (Lipinski definition) is 2. The maximum atomic E-state index is 12.3. The van der Waals surface area contributed by atoms with Gasteiger partial charge in [0, 0.05) is 12.7 Å². The van der Waals surface area contributed by atoms with Crippen molar-refractivity contribution in [2.45, 2.75) is 25.8 Å². The third kappa shape index (κ3) is 4.55. The first-order valence-electron chi connectivity index (χ1n) is 8.52. The molecule has 0 bridgehead atoms. The number of nitrogens with zero attached hydrogens (tertiary/aromatic N) is 2. The fraction of sp³-hybridized carbons (Fsp3) is 0.444. The second kappa shape index (κ2) is 8.07. The molecule has 5 amide bonds. The van der Waals surface area contributed by atoms with Crippen LogP contribution < -0.4 is 15.4 Å². The van der Waals surface area contributed by atoms with Crippen molar-refractivity contribution in [3.63, 3.8) is 0 Å². The lowest BCUT2D eigenvalue weighted by Crippen LogP contribution is -2.45. The molecule has 1 saturated heterocycles. The largest absolute Gasteiger partial charge is 0.497 e. The van der Waals surface area contributed by atoms with Crippen molar-refractivity contribution in [1.29, 1.82) is 0 Å². The molecule has 1 aliphatic heterocycles. The third-order valence-electron chi connectivity index (χ3n) is 4.53. The van der Waals surface area contributed by atoms with Gasteiger partial charge in [-0.15, -0.1) is 0 Å². The summed E-state index contributed by atoms with van der Waals surface area (Å²) in [7, 11) is 2.98. The van der Waals surface area contributed by atoms with Gasteiger partial charge in [-0.3, -0.25) is 19.3 Å². The van der Waals surface area contributed by atoms with Crippen molar-refractivity contribution in [3.8, 4) is 5.75 Å². The van der Waals surface area contributed by atoms with Gasteiger partial charge in [0.05, 0.1) is 13.7 Å². The second-order valence-electron chi connectivity index (χ2n) is 6.53. The number of urea groups is 1. The number of imide groups is 1. The molecule has 0 radical (unpaired) electrons. The Labute approximate surface area is 157 Å². The topological polar surface area (TPSA) is 108 Å². The van der Waals surface area contributed by atoms with E-state index in [0.29, 0.717) is 17.9 Å². The molecule has 27 heavy (non-hydrogen) atoms. The first-order chi connectivity index (χ1) is 12.7. The van der Waals surface area contributed by atoms with Crippen molar-refractivity contribution in [3.05, 3.63) is 24.3 Å². The summed E-state index contributed by atoms with van der Waals surface area (Å²) < 4.78 is 5.04. The number of nitrogens with one attached hydrogen (secondary N) is 2. The molecule has 1 fully saturated rings. The van der Waals surface area contributed by atoms with Crippen LogP contribution >= 0.6 is 0 Å². The number of benzene rings is 1. The number of hydrogen-bond acceptors (Lipinski definition) is 5. The van der Waals surface area contributed by atoms with E-state index in [0.717, 1.165) is 4.90 Å². The minimum atomic E-state index is -0.998. The van der Waals surface area contributed by atoms with Gasteiger partial charge in [-0.05, 0) is 37.6 Å². The Morgan fingerprint density at radius 1 is 1.26 bits per heavy atom. The van der Waals surface area contributed by atoms with Crippen LogP contribution in [0.2, 0.25) is 0 Å². The maximum absolute atomic E-state index is 12.3. The molecule has 1 aromatic rings. The molecule has 0 saturated carbocycles. The van der Waals surface area contributed by atoms with Crippen LogP contribution in [-0.2, 0) is 14.4 Å². The van der Waals surface area contributed by atoms with Gasteiger partial charge in [-0.1, -0.05) is 6.92 Å². The molecule has 2 N–H and O–H groups in total. The Morgan fingerprint density at radius 3 is 2.41 bits per heavy atom. The van der Waals surface area contributed by atoms with Crippen molar-refractivity contribution in [2.75, 3.05) is 32.6 Å². The zero-order valence-corrected chi connectivity index (χ0v) is 15.9. The van der Waals surface area contributed by atoms with Gasteiger partial charge < -0.3 is 20.3 Å². The van der Waals surface area contributed by atoms with Crippen molar-refractivity contribution in [2.24, 2.45) is 0 Å². The van der Waals surface area contributed by atoms with E-state index >= 15 is 0 Å². The number of anilines is 1. The second-order valence-corrected chi connectivity index (χ2v) is 6.53. The van der Waals surface area contributed by atoms with Crippen LogP contribution in [-0.4, -0.2) is 66.3 Å². The lowest BCUT2D eigenvalue weighted by atomic mass is 9.99. The van der Waals surface area contributed by atoms with E-state index in [1.54, 1.807) is 45.2 Å². The minimum Gasteiger partial charge on any atom is -0.497 e. The fourth-order valence-electron chi connectivity index (χ4n) is 2.56. The number of carbonyl (C=O) groups is 4. The summed E-state index contributed by atoms with van der Waals surface area (Å²) in [5, 5.41) is 5.25. The van der Waals surface area contributed by atoms with E-state index in [9.17, 15) is 19.2 Å².